The fourth-order valence-corrected chi connectivity index (χ4v) is 3.25. The number of aliphatic imine (C=N–C) groups is 1. The van der Waals surface area contributed by atoms with E-state index in [1.165, 1.54) is 24.1 Å². The Morgan fingerprint density at radius 1 is 1.12 bits per heavy atom. The number of halogens is 4. The normalized spacial score (nSPS) is 15.6. The average Bonchev–Trinajstić information content (AvgIpc) is 2.83. The van der Waals surface area contributed by atoms with E-state index < -0.39 is 23.7 Å². The summed E-state index contributed by atoms with van der Waals surface area (Å²) in [4.78, 5) is 33.1. The minimum Gasteiger partial charge on any atom is -0.426 e. The first-order chi connectivity index (χ1) is 16.1. The lowest BCUT2D eigenvalue weighted by atomic mass is 10.2. The summed E-state index contributed by atoms with van der Waals surface area (Å²) in [5.74, 6) is -0.737. The van der Waals surface area contributed by atoms with Crippen LogP contribution in [-0.2, 0) is 17.5 Å². The van der Waals surface area contributed by atoms with Gasteiger partial charge >= 0.3 is 12.2 Å². The van der Waals surface area contributed by atoms with Crippen molar-refractivity contribution in [2.75, 3.05) is 33.4 Å². The van der Waals surface area contributed by atoms with E-state index in [9.17, 15) is 27.9 Å². The number of carbonyl (C=O) groups excluding carboxylic acids is 2. The van der Waals surface area contributed by atoms with E-state index in [1.807, 2.05) is 0 Å². The fraction of sp³-hybridized carbons (Fsp3) is 0.318. The van der Waals surface area contributed by atoms with Crippen LogP contribution in [-0.4, -0.2) is 71.2 Å². The summed E-state index contributed by atoms with van der Waals surface area (Å²) in [7, 11) is 1.30. The number of likely N-dealkylation sites (N-methyl/N-ethyl adjacent to an activating group) is 1. The maximum atomic E-state index is 13.2. The van der Waals surface area contributed by atoms with Crippen molar-refractivity contribution >= 4 is 29.6 Å². The van der Waals surface area contributed by atoms with Crippen LogP contribution in [0.1, 0.15) is 11.1 Å². The van der Waals surface area contributed by atoms with Gasteiger partial charge in [0.15, 0.2) is 0 Å². The number of urea groups is 1. The van der Waals surface area contributed by atoms with Crippen LogP contribution in [0.25, 0.3) is 0 Å². The molecule has 0 radical (unpaired) electrons. The van der Waals surface area contributed by atoms with Gasteiger partial charge in [0.05, 0.1) is 12.2 Å². The summed E-state index contributed by atoms with van der Waals surface area (Å²) in [5, 5.41) is 9.80. The topological polar surface area (TPSA) is 85.7 Å². The van der Waals surface area contributed by atoms with Gasteiger partial charge in [-0.05, 0) is 35.9 Å². The molecule has 0 aliphatic carbocycles. The highest BCUT2D eigenvalue weighted by molar-refractivity contribution is 6.30. The molecule has 0 unspecified atom stereocenters. The standard InChI is InChI=1S/C22H22ClF3N4O4/c1-28-19(32)13-30(12-15-5-7-17(23)8-6-15)20(27-14-29(9-10-31)21(28)33)34-18-4-2-3-16(11-18)22(24,25)26/h2-8,11,31H,9-10,12-14H2,1H3. The SMILES string of the molecule is CN1C(=O)CN(Cc2ccc(Cl)cc2)C(Oc2cccc(C(F)(F)F)c2)=NCN(CCO)C1=O. The Kier molecular flexibility index (Phi) is 8.00. The molecule has 0 spiro atoms. The quantitative estimate of drug-likeness (QED) is 0.682. The number of hydrogen-bond donors (Lipinski definition) is 1. The summed E-state index contributed by atoms with van der Waals surface area (Å²) in [5.41, 5.74) is -0.191. The third-order valence-corrected chi connectivity index (χ3v) is 5.18. The Morgan fingerprint density at radius 3 is 2.47 bits per heavy atom. The summed E-state index contributed by atoms with van der Waals surface area (Å²) in [6.45, 7) is -1.00. The number of imide groups is 1. The van der Waals surface area contributed by atoms with Crippen LogP contribution in [0.15, 0.2) is 53.5 Å². The lowest BCUT2D eigenvalue weighted by molar-refractivity contribution is -0.137. The van der Waals surface area contributed by atoms with Gasteiger partial charge < -0.3 is 19.6 Å². The number of ether oxygens (including phenoxy) is 1. The lowest BCUT2D eigenvalue weighted by Crippen LogP contribution is -2.47. The number of aliphatic hydroxyl groups excluding tert-OH is 1. The zero-order valence-electron chi connectivity index (χ0n) is 18.1. The third kappa shape index (κ3) is 6.39. The molecule has 0 atom stereocenters. The molecular weight excluding hydrogens is 477 g/mol. The molecule has 1 N–H and O–H groups in total. The highest BCUT2D eigenvalue weighted by Crippen LogP contribution is 2.31. The second-order valence-corrected chi connectivity index (χ2v) is 7.85. The molecule has 0 bridgehead atoms. The maximum Gasteiger partial charge on any atom is 0.416 e. The summed E-state index contributed by atoms with van der Waals surface area (Å²) in [6.07, 6.45) is -4.58. The Balaban J connectivity index is 2.00. The predicted octanol–water partition coefficient (Wildman–Crippen LogP) is 3.44. The van der Waals surface area contributed by atoms with Crippen molar-refractivity contribution < 1.29 is 32.6 Å². The number of β-amino-alcohol motifs (C(OH)–C–C–N with tert-alkyl or cyclic N) is 1. The molecule has 0 saturated carbocycles. The van der Waals surface area contributed by atoms with Gasteiger partial charge in [-0.15, -0.1) is 0 Å². The van der Waals surface area contributed by atoms with Crippen molar-refractivity contribution in [3.05, 3.63) is 64.7 Å². The second-order valence-electron chi connectivity index (χ2n) is 7.41. The Hall–Kier alpha value is -3.31. The first-order valence-electron chi connectivity index (χ1n) is 10.1. The number of alkyl halides is 3. The van der Waals surface area contributed by atoms with Gasteiger partial charge in [-0.25, -0.2) is 9.79 Å². The molecule has 182 valence electrons. The number of amides is 3. The molecule has 0 aromatic heterocycles. The van der Waals surface area contributed by atoms with E-state index in [-0.39, 0.29) is 44.7 Å². The summed E-state index contributed by atoms with van der Waals surface area (Å²) in [6, 6.07) is 10.2. The number of aliphatic hydroxyl groups is 1. The summed E-state index contributed by atoms with van der Waals surface area (Å²) < 4.78 is 45.2. The van der Waals surface area contributed by atoms with Crippen LogP contribution >= 0.6 is 11.6 Å². The monoisotopic (exact) mass is 498 g/mol. The lowest BCUT2D eigenvalue weighted by Gasteiger charge is -2.26. The van der Waals surface area contributed by atoms with Gasteiger partial charge in [-0.1, -0.05) is 29.8 Å². The Morgan fingerprint density at radius 2 is 1.82 bits per heavy atom. The molecular formula is C22H22ClF3N4O4. The largest absolute Gasteiger partial charge is 0.426 e. The Bertz CT molecular complexity index is 1060. The zero-order valence-corrected chi connectivity index (χ0v) is 18.9. The minimum atomic E-state index is -4.58. The molecule has 1 aliphatic heterocycles. The van der Waals surface area contributed by atoms with Crippen LogP contribution in [0.5, 0.6) is 5.75 Å². The highest BCUT2D eigenvalue weighted by Gasteiger charge is 2.32. The first-order valence-corrected chi connectivity index (χ1v) is 10.5. The van der Waals surface area contributed by atoms with Crippen LogP contribution in [0, 0.1) is 0 Å². The highest BCUT2D eigenvalue weighted by atomic mass is 35.5. The van der Waals surface area contributed by atoms with Crippen molar-refractivity contribution in [1.82, 2.24) is 14.7 Å². The predicted molar refractivity (Wildman–Crippen MR) is 118 cm³/mol. The van der Waals surface area contributed by atoms with Crippen LogP contribution < -0.4 is 4.74 Å². The van der Waals surface area contributed by atoms with Gasteiger partial charge in [0.25, 0.3) is 6.02 Å². The number of hydrogen-bond acceptors (Lipinski definition) is 6. The minimum absolute atomic E-state index is 0.0999. The van der Waals surface area contributed by atoms with Crippen molar-refractivity contribution in [1.29, 1.82) is 0 Å². The maximum absolute atomic E-state index is 13.2. The molecule has 2 aromatic rings. The number of nitrogens with zero attached hydrogens (tertiary/aromatic N) is 4. The van der Waals surface area contributed by atoms with E-state index >= 15 is 0 Å². The molecule has 0 fully saturated rings. The van der Waals surface area contributed by atoms with E-state index in [0.717, 1.165) is 27.5 Å². The van der Waals surface area contributed by atoms with Gasteiger partial charge in [-0.2, -0.15) is 13.2 Å². The average molecular weight is 499 g/mol. The zero-order chi connectivity index (χ0) is 24.9. The molecule has 3 amide bonds. The molecule has 2 aromatic carbocycles. The molecule has 8 nitrogen and oxygen atoms in total. The van der Waals surface area contributed by atoms with E-state index in [2.05, 4.69) is 4.99 Å². The number of benzene rings is 2. The van der Waals surface area contributed by atoms with Crippen molar-refractivity contribution in [3.63, 3.8) is 0 Å². The van der Waals surface area contributed by atoms with Crippen molar-refractivity contribution in [3.8, 4) is 5.75 Å². The van der Waals surface area contributed by atoms with Gasteiger partial charge in [-0.3, -0.25) is 9.69 Å². The van der Waals surface area contributed by atoms with Crippen molar-refractivity contribution in [2.45, 2.75) is 12.7 Å². The van der Waals surface area contributed by atoms with E-state index in [1.54, 1.807) is 24.3 Å². The van der Waals surface area contributed by atoms with Gasteiger partial charge in [0, 0.05) is 25.2 Å². The van der Waals surface area contributed by atoms with E-state index in [4.69, 9.17) is 16.3 Å². The van der Waals surface area contributed by atoms with E-state index in [0.29, 0.717) is 5.02 Å². The fourth-order valence-electron chi connectivity index (χ4n) is 3.12. The molecule has 1 heterocycles. The first kappa shape index (κ1) is 25.3. The third-order valence-electron chi connectivity index (χ3n) is 4.93. The van der Waals surface area contributed by atoms with Gasteiger partial charge in [0.1, 0.15) is 19.0 Å². The van der Waals surface area contributed by atoms with Crippen molar-refractivity contribution in [2.24, 2.45) is 4.99 Å². The second kappa shape index (κ2) is 10.7. The molecule has 1 aliphatic rings. The van der Waals surface area contributed by atoms with Crippen LogP contribution in [0.3, 0.4) is 0 Å². The summed E-state index contributed by atoms with van der Waals surface area (Å²) >= 11 is 5.94. The van der Waals surface area contributed by atoms with Crippen LogP contribution in [0.4, 0.5) is 18.0 Å². The number of carbonyl (C=O) groups is 2. The molecule has 12 heteroatoms. The molecule has 34 heavy (non-hydrogen) atoms. The number of amidine groups is 1. The Labute approximate surface area is 198 Å². The number of rotatable bonds is 5. The van der Waals surface area contributed by atoms with Crippen LogP contribution in [0.2, 0.25) is 5.02 Å². The molecule has 3 rings (SSSR count). The molecule has 0 saturated heterocycles. The smallest absolute Gasteiger partial charge is 0.416 e. The van der Waals surface area contributed by atoms with Gasteiger partial charge in [0.2, 0.25) is 5.91 Å².